The number of fused-ring (bicyclic) bond motifs is 2. The van der Waals surface area contributed by atoms with Crippen molar-refractivity contribution in [2.45, 2.75) is 25.9 Å². The number of H-pyrrole nitrogens is 1. The van der Waals surface area contributed by atoms with Crippen LogP contribution >= 0.6 is 0 Å². The highest BCUT2D eigenvalue weighted by Crippen LogP contribution is 2.39. The Kier molecular flexibility index (Phi) is 4.73. The van der Waals surface area contributed by atoms with Crippen LogP contribution in [-0.4, -0.2) is 26.2 Å². The Balaban J connectivity index is 1.54. The van der Waals surface area contributed by atoms with E-state index in [9.17, 15) is 18.0 Å². The Hall–Kier alpha value is -4.08. The molecule has 3 heterocycles. The highest BCUT2D eigenvalue weighted by Gasteiger charge is 2.38. The van der Waals surface area contributed by atoms with Gasteiger partial charge in [-0.2, -0.15) is 17.7 Å². The SMILES string of the molecule is Cc1nc2c(-c3ccccc3)c(C(F)(F)F)[nH]n2c(=O)c1-c1nc2c(OCC3CC3)cccc2o1. The molecular formula is C25H19F3N4O3. The van der Waals surface area contributed by atoms with Crippen molar-refractivity contribution in [3.05, 3.63) is 70.3 Å². The van der Waals surface area contributed by atoms with Gasteiger partial charge in [0.2, 0.25) is 5.89 Å². The zero-order valence-corrected chi connectivity index (χ0v) is 18.5. The Morgan fingerprint density at radius 3 is 2.57 bits per heavy atom. The van der Waals surface area contributed by atoms with E-state index in [1.54, 1.807) is 43.3 Å². The molecule has 6 rings (SSSR count). The third-order valence-electron chi connectivity index (χ3n) is 6.07. The van der Waals surface area contributed by atoms with E-state index in [0.29, 0.717) is 29.4 Å². The molecule has 1 fully saturated rings. The molecular weight excluding hydrogens is 461 g/mol. The monoisotopic (exact) mass is 480 g/mol. The molecule has 3 aromatic heterocycles. The van der Waals surface area contributed by atoms with Gasteiger partial charge in [-0.1, -0.05) is 36.4 Å². The largest absolute Gasteiger partial charge is 0.491 e. The number of nitrogens with one attached hydrogen (secondary N) is 1. The van der Waals surface area contributed by atoms with Gasteiger partial charge in [-0.15, -0.1) is 0 Å². The summed E-state index contributed by atoms with van der Waals surface area (Å²) in [6.07, 6.45) is -2.48. The normalized spacial score (nSPS) is 14.2. The summed E-state index contributed by atoms with van der Waals surface area (Å²) in [5.41, 5.74) is -0.808. The van der Waals surface area contributed by atoms with Crippen LogP contribution in [0.4, 0.5) is 13.2 Å². The average molecular weight is 480 g/mol. The van der Waals surface area contributed by atoms with Gasteiger partial charge in [0.05, 0.1) is 17.9 Å². The highest BCUT2D eigenvalue weighted by atomic mass is 19.4. The number of benzene rings is 2. The summed E-state index contributed by atoms with van der Waals surface area (Å²) in [5, 5.41) is 2.22. The van der Waals surface area contributed by atoms with Crippen LogP contribution in [0.15, 0.2) is 57.7 Å². The molecule has 0 bridgehead atoms. The van der Waals surface area contributed by atoms with Gasteiger partial charge in [0.15, 0.2) is 16.7 Å². The first-order valence-corrected chi connectivity index (χ1v) is 11.1. The molecule has 7 nitrogen and oxygen atoms in total. The molecule has 0 unspecified atom stereocenters. The van der Waals surface area contributed by atoms with E-state index in [0.717, 1.165) is 17.4 Å². The van der Waals surface area contributed by atoms with Crippen LogP contribution in [0, 0.1) is 12.8 Å². The minimum absolute atomic E-state index is 0.0265. The van der Waals surface area contributed by atoms with Crippen LogP contribution in [0.5, 0.6) is 5.75 Å². The molecule has 2 aromatic carbocycles. The number of aromatic amines is 1. The number of oxazole rings is 1. The number of halogens is 3. The third-order valence-corrected chi connectivity index (χ3v) is 6.07. The highest BCUT2D eigenvalue weighted by molar-refractivity contribution is 5.84. The van der Waals surface area contributed by atoms with E-state index < -0.39 is 17.4 Å². The van der Waals surface area contributed by atoms with Gasteiger partial charge in [-0.3, -0.25) is 9.89 Å². The van der Waals surface area contributed by atoms with E-state index in [1.165, 1.54) is 12.1 Å². The van der Waals surface area contributed by atoms with Gasteiger partial charge in [0.25, 0.3) is 5.56 Å². The number of hydrogen-bond donors (Lipinski definition) is 1. The van der Waals surface area contributed by atoms with Crippen molar-refractivity contribution in [3.63, 3.8) is 0 Å². The van der Waals surface area contributed by atoms with Crippen LogP contribution in [0.25, 0.3) is 39.3 Å². The second-order valence-corrected chi connectivity index (χ2v) is 8.64. The summed E-state index contributed by atoms with van der Waals surface area (Å²) >= 11 is 0. The molecule has 1 N–H and O–H groups in total. The maximum Gasteiger partial charge on any atom is 0.433 e. The first-order chi connectivity index (χ1) is 16.8. The first kappa shape index (κ1) is 21.5. The lowest BCUT2D eigenvalue weighted by Crippen LogP contribution is -2.20. The van der Waals surface area contributed by atoms with Crippen molar-refractivity contribution in [2.75, 3.05) is 6.61 Å². The summed E-state index contributed by atoms with van der Waals surface area (Å²) < 4.78 is 54.3. The molecule has 0 atom stereocenters. The lowest BCUT2D eigenvalue weighted by atomic mass is 10.1. The molecule has 1 aliphatic rings. The van der Waals surface area contributed by atoms with Gasteiger partial charge < -0.3 is 9.15 Å². The van der Waals surface area contributed by atoms with E-state index in [2.05, 4.69) is 15.1 Å². The fourth-order valence-electron chi connectivity index (χ4n) is 4.15. The number of alkyl halides is 3. The number of aromatic nitrogens is 4. The van der Waals surface area contributed by atoms with Crippen LogP contribution in [-0.2, 0) is 6.18 Å². The van der Waals surface area contributed by atoms with Crippen LogP contribution in [0.2, 0.25) is 0 Å². The number of rotatable bonds is 5. The summed E-state index contributed by atoms with van der Waals surface area (Å²) in [4.78, 5) is 22.3. The van der Waals surface area contributed by atoms with E-state index >= 15 is 0 Å². The standard InChI is InChI=1S/C25H19F3N4O3/c1-13-18(23-30-20-16(34-12-14-10-11-14)8-5-9-17(20)35-23)24(33)32-22(29-13)19(15-6-3-2-4-7-15)21(31-32)25(26,27)28/h2-9,14,31H,10-12H2,1H3. The number of aryl methyl sites for hydroxylation is 1. The molecule has 0 amide bonds. The lowest BCUT2D eigenvalue weighted by molar-refractivity contribution is -0.140. The summed E-state index contributed by atoms with van der Waals surface area (Å²) in [5.74, 6) is 1.03. The van der Waals surface area contributed by atoms with Crippen LogP contribution in [0.1, 0.15) is 24.2 Å². The van der Waals surface area contributed by atoms with Crippen molar-refractivity contribution in [3.8, 4) is 28.3 Å². The first-order valence-electron chi connectivity index (χ1n) is 11.1. The number of para-hydroxylation sites is 1. The minimum Gasteiger partial charge on any atom is -0.491 e. The topological polar surface area (TPSA) is 85.4 Å². The van der Waals surface area contributed by atoms with E-state index in [4.69, 9.17) is 9.15 Å². The van der Waals surface area contributed by atoms with Crippen molar-refractivity contribution < 1.29 is 22.3 Å². The van der Waals surface area contributed by atoms with Gasteiger partial charge in [0, 0.05) is 0 Å². The average Bonchev–Trinajstić information content (AvgIpc) is 3.41. The molecule has 35 heavy (non-hydrogen) atoms. The molecule has 5 aromatic rings. The second-order valence-electron chi connectivity index (χ2n) is 8.64. The molecule has 0 saturated heterocycles. The van der Waals surface area contributed by atoms with Crippen molar-refractivity contribution in [1.82, 2.24) is 19.6 Å². The van der Waals surface area contributed by atoms with Gasteiger partial charge in [-0.25, -0.2) is 9.97 Å². The minimum atomic E-state index is -4.73. The molecule has 0 aliphatic heterocycles. The van der Waals surface area contributed by atoms with E-state index in [-0.39, 0.29) is 33.9 Å². The fraction of sp³-hybridized carbons (Fsp3) is 0.240. The molecule has 1 saturated carbocycles. The predicted molar refractivity (Wildman–Crippen MR) is 122 cm³/mol. The van der Waals surface area contributed by atoms with Crippen molar-refractivity contribution in [2.24, 2.45) is 5.92 Å². The Morgan fingerprint density at radius 2 is 1.86 bits per heavy atom. The quantitative estimate of drug-likeness (QED) is 0.353. The van der Waals surface area contributed by atoms with Crippen molar-refractivity contribution in [1.29, 1.82) is 0 Å². The van der Waals surface area contributed by atoms with Crippen LogP contribution in [0.3, 0.4) is 0 Å². The lowest BCUT2D eigenvalue weighted by Gasteiger charge is -2.07. The van der Waals surface area contributed by atoms with Gasteiger partial charge >= 0.3 is 6.18 Å². The Labute approximate surface area is 196 Å². The summed E-state index contributed by atoms with van der Waals surface area (Å²) in [6, 6.07) is 13.2. The number of nitrogens with zero attached hydrogens (tertiary/aromatic N) is 3. The Bertz CT molecular complexity index is 1630. The maximum atomic E-state index is 13.9. The second kappa shape index (κ2) is 7.72. The van der Waals surface area contributed by atoms with E-state index in [1.807, 2.05) is 0 Å². The molecule has 10 heteroatoms. The molecule has 1 aliphatic carbocycles. The third kappa shape index (κ3) is 3.65. The molecule has 178 valence electrons. The van der Waals surface area contributed by atoms with Gasteiger partial charge in [-0.05, 0) is 43.4 Å². The maximum absolute atomic E-state index is 13.9. The Morgan fingerprint density at radius 1 is 1.09 bits per heavy atom. The fourth-order valence-corrected chi connectivity index (χ4v) is 4.15. The molecule has 0 spiro atoms. The number of hydrogen-bond acceptors (Lipinski definition) is 5. The van der Waals surface area contributed by atoms with Gasteiger partial charge in [0.1, 0.15) is 17.0 Å². The smallest absolute Gasteiger partial charge is 0.433 e. The zero-order valence-electron chi connectivity index (χ0n) is 18.5. The zero-order chi connectivity index (χ0) is 24.3. The number of ether oxygens (including phenoxy) is 1. The summed E-state index contributed by atoms with van der Waals surface area (Å²) in [7, 11) is 0. The van der Waals surface area contributed by atoms with Crippen molar-refractivity contribution >= 4 is 16.7 Å². The molecule has 0 radical (unpaired) electrons. The van der Waals surface area contributed by atoms with Crippen LogP contribution < -0.4 is 10.3 Å². The summed E-state index contributed by atoms with van der Waals surface area (Å²) in [6.45, 7) is 2.12. The predicted octanol–water partition coefficient (Wildman–Crippen LogP) is 5.61.